The zero-order valence-electron chi connectivity index (χ0n) is 10.0. The molecule has 1 atom stereocenters. The second-order valence-electron chi connectivity index (χ2n) is 4.18. The van der Waals surface area contributed by atoms with Gasteiger partial charge in [-0.1, -0.05) is 19.9 Å². The summed E-state index contributed by atoms with van der Waals surface area (Å²) in [5.74, 6) is 0.305. The molecule has 2 N–H and O–H groups in total. The topological polar surface area (TPSA) is 35.2 Å². The van der Waals surface area contributed by atoms with Gasteiger partial charge < -0.3 is 10.5 Å². The largest absolute Gasteiger partial charge is 0.496 e. The minimum absolute atomic E-state index is 0.0220. The van der Waals surface area contributed by atoms with Crippen LogP contribution in [-0.2, 0) is 0 Å². The average molecular weight is 247 g/mol. The van der Waals surface area contributed by atoms with Crippen LogP contribution >= 0.6 is 0 Å². The SMILES string of the molecule is COc1ccc(C(C)C)cc1C(N)C(F)(F)F. The van der Waals surface area contributed by atoms with E-state index in [1.165, 1.54) is 19.2 Å². The van der Waals surface area contributed by atoms with Crippen LogP contribution in [0.4, 0.5) is 13.2 Å². The van der Waals surface area contributed by atoms with Gasteiger partial charge in [-0.05, 0) is 23.6 Å². The number of alkyl halides is 3. The fourth-order valence-electron chi connectivity index (χ4n) is 1.53. The van der Waals surface area contributed by atoms with Crippen LogP contribution in [0.1, 0.15) is 36.9 Å². The molecule has 0 amide bonds. The molecule has 0 aliphatic carbocycles. The lowest BCUT2D eigenvalue weighted by Crippen LogP contribution is -2.29. The normalized spacial score (nSPS) is 13.9. The van der Waals surface area contributed by atoms with Gasteiger partial charge >= 0.3 is 6.18 Å². The first kappa shape index (κ1) is 13.8. The molecular formula is C12H16F3NO. The molecule has 1 aromatic carbocycles. The van der Waals surface area contributed by atoms with E-state index in [9.17, 15) is 13.2 Å². The van der Waals surface area contributed by atoms with E-state index in [1.54, 1.807) is 6.07 Å². The highest BCUT2D eigenvalue weighted by Gasteiger charge is 2.39. The highest BCUT2D eigenvalue weighted by molar-refractivity contribution is 5.41. The molecule has 17 heavy (non-hydrogen) atoms. The van der Waals surface area contributed by atoms with Crippen molar-refractivity contribution in [1.82, 2.24) is 0 Å². The molecule has 0 fully saturated rings. The van der Waals surface area contributed by atoms with Crippen molar-refractivity contribution < 1.29 is 17.9 Å². The van der Waals surface area contributed by atoms with Crippen molar-refractivity contribution >= 4 is 0 Å². The fourth-order valence-corrected chi connectivity index (χ4v) is 1.53. The van der Waals surface area contributed by atoms with Crippen molar-refractivity contribution in [2.45, 2.75) is 32.0 Å². The molecule has 1 rings (SSSR count). The second-order valence-corrected chi connectivity index (χ2v) is 4.18. The van der Waals surface area contributed by atoms with Crippen molar-refractivity contribution in [2.24, 2.45) is 5.73 Å². The van der Waals surface area contributed by atoms with Crippen LogP contribution in [-0.4, -0.2) is 13.3 Å². The number of nitrogens with two attached hydrogens (primary N) is 1. The summed E-state index contributed by atoms with van der Waals surface area (Å²) in [6.07, 6.45) is -4.47. The molecule has 96 valence electrons. The molecule has 0 spiro atoms. The van der Waals surface area contributed by atoms with E-state index in [-0.39, 0.29) is 17.2 Å². The molecule has 0 saturated carbocycles. The van der Waals surface area contributed by atoms with Crippen molar-refractivity contribution in [3.05, 3.63) is 29.3 Å². The van der Waals surface area contributed by atoms with E-state index in [4.69, 9.17) is 10.5 Å². The molecule has 5 heteroatoms. The van der Waals surface area contributed by atoms with Crippen LogP contribution in [0.5, 0.6) is 5.75 Å². The highest BCUT2D eigenvalue weighted by Crippen LogP contribution is 2.36. The first-order chi connectivity index (χ1) is 7.77. The molecule has 1 aromatic rings. The summed E-state index contributed by atoms with van der Waals surface area (Å²) in [4.78, 5) is 0. The number of halogens is 3. The molecule has 2 nitrogen and oxygen atoms in total. The Morgan fingerprint density at radius 1 is 1.24 bits per heavy atom. The summed E-state index contributed by atoms with van der Waals surface area (Å²) < 4.78 is 42.7. The third-order valence-electron chi connectivity index (χ3n) is 2.61. The molecule has 1 unspecified atom stereocenters. The first-order valence-corrected chi connectivity index (χ1v) is 5.27. The van der Waals surface area contributed by atoms with Crippen LogP contribution in [0.25, 0.3) is 0 Å². The zero-order chi connectivity index (χ0) is 13.2. The molecule has 0 saturated heterocycles. The monoisotopic (exact) mass is 247 g/mol. The lowest BCUT2D eigenvalue weighted by Gasteiger charge is -2.20. The van der Waals surface area contributed by atoms with Gasteiger partial charge in [0, 0.05) is 5.56 Å². The number of rotatable bonds is 3. The Morgan fingerprint density at radius 2 is 1.82 bits per heavy atom. The minimum Gasteiger partial charge on any atom is -0.496 e. The summed E-state index contributed by atoms with van der Waals surface area (Å²) in [7, 11) is 1.33. The number of methoxy groups -OCH3 is 1. The number of hydrogen-bond acceptors (Lipinski definition) is 2. The number of benzene rings is 1. The highest BCUT2D eigenvalue weighted by atomic mass is 19.4. The van der Waals surface area contributed by atoms with Gasteiger partial charge in [0.15, 0.2) is 0 Å². The fraction of sp³-hybridized carbons (Fsp3) is 0.500. The van der Waals surface area contributed by atoms with Gasteiger partial charge in [-0.2, -0.15) is 13.2 Å². The van der Waals surface area contributed by atoms with Crippen LogP contribution in [0, 0.1) is 0 Å². The Bertz CT molecular complexity index is 388. The quantitative estimate of drug-likeness (QED) is 0.888. The predicted molar refractivity (Wildman–Crippen MR) is 60.1 cm³/mol. The zero-order valence-corrected chi connectivity index (χ0v) is 10.0. The molecule has 0 heterocycles. The smallest absolute Gasteiger partial charge is 0.407 e. The van der Waals surface area contributed by atoms with E-state index in [0.29, 0.717) is 0 Å². The van der Waals surface area contributed by atoms with Crippen LogP contribution in [0.3, 0.4) is 0 Å². The first-order valence-electron chi connectivity index (χ1n) is 5.27. The Labute approximate surface area is 98.6 Å². The van der Waals surface area contributed by atoms with E-state index < -0.39 is 12.2 Å². The molecule has 0 radical (unpaired) electrons. The molecular weight excluding hydrogens is 231 g/mol. The summed E-state index contributed by atoms with van der Waals surface area (Å²) in [6.45, 7) is 3.81. The van der Waals surface area contributed by atoms with E-state index in [2.05, 4.69) is 0 Å². The predicted octanol–water partition coefficient (Wildman–Crippen LogP) is 3.38. The van der Waals surface area contributed by atoms with Gasteiger partial charge in [0.1, 0.15) is 11.8 Å². The maximum atomic E-state index is 12.6. The molecule has 0 aliphatic rings. The van der Waals surface area contributed by atoms with Gasteiger partial charge in [-0.3, -0.25) is 0 Å². The molecule has 0 aromatic heterocycles. The third-order valence-corrected chi connectivity index (χ3v) is 2.61. The van der Waals surface area contributed by atoms with Gasteiger partial charge in [-0.15, -0.1) is 0 Å². The molecule has 0 bridgehead atoms. The van der Waals surface area contributed by atoms with Crippen molar-refractivity contribution in [1.29, 1.82) is 0 Å². The summed E-state index contributed by atoms with van der Waals surface area (Å²) in [6, 6.07) is 2.71. The van der Waals surface area contributed by atoms with Gasteiger partial charge in [0.25, 0.3) is 0 Å². The van der Waals surface area contributed by atoms with Crippen molar-refractivity contribution in [2.75, 3.05) is 7.11 Å². The lowest BCUT2D eigenvalue weighted by atomic mass is 9.97. The van der Waals surface area contributed by atoms with Gasteiger partial charge in [-0.25, -0.2) is 0 Å². The van der Waals surface area contributed by atoms with Gasteiger partial charge in [0.05, 0.1) is 7.11 Å². The number of ether oxygens (including phenoxy) is 1. The summed E-state index contributed by atoms with van der Waals surface area (Å²) >= 11 is 0. The Hall–Kier alpha value is -1.23. The Kier molecular flexibility index (Phi) is 4.03. The second kappa shape index (κ2) is 4.96. The minimum atomic E-state index is -4.47. The average Bonchev–Trinajstić information content (AvgIpc) is 2.25. The van der Waals surface area contributed by atoms with Crippen molar-refractivity contribution in [3.63, 3.8) is 0 Å². The van der Waals surface area contributed by atoms with Crippen LogP contribution in [0.15, 0.2) is 18.2 Å². The van der Waals surface area contributed by atoms with E-state index in [1.807, 2.05) is 13.8 Å². The third kappa shape index (κ3) is 3.12. The Morgan fingerprint density at radius 3 is 2.24 bits per heavy atom. The molecule has 0 aliphatic heterocycles. The Balaban J connectivity index is 3.23. The summed E-state index contributed by atoms with van der Waals surface area (Å²) in [5.41, 5.74) is 6.00. The maximum absolute atomic E-state index is 12.6. The number of hydrogen-bond donors (Lipinski definition) is 1. The van der Waals surface area contributed by atoms with Crippen LogP contribution in [0.2, 0.25) is 0 Å². The van der Waals surface area contributed by atoms with E-state index in [0.717, 1.165) is 5.56 Å². The van der Waals surface area contributed by atoms with Crippen molar-refractivity contribution in [3.8, 4) is 5.75 Å². The standard InChI is InChI=1S/C12H16F3NO/c1-7(2)8-4-5-10(17-3)9(6-8)11(16)12(13,14)15/h4-7,11H,16H2,1-3H3. The van der Waals surface area contributed by atoms with Gasteiger partial charge in [0.2, 0.25) is 0 Å². The lowest BCUT2D eigenvalue weighted by molar-refractivity contribution is -0.149. The maximum Gasteiger partial charge on any atom is 0.407 e. The van der Waals surface area contributed by atoms with Crippen LogP contribution < -0.4 is 10.5 Å². The summed E-state index contributed by atoms with van der Waals surface area (Å²) in [5, 5.41) is 0. The van der Waals surface area contributed by atoms with E-state index >= 15 is 0 Å².